The number of hydrogen-bond acceptors (Lipinski definition) is 1. The van der Waals surface area contributed by atoms with E-state index in [0.29, 0.717) is 5.92 Å². The van der Waals surface area contributed by atoms with Crippen LogP contribution in [-0.4, -0.2) is 0 Å². The zero-order chi connectivity index (χ0) is 11.5. The predicted octanol–water partition coefficient (Wildman–Crippen LogP) is 4.00. The van der Waals surface area contributed by atoms with Crippen molar-refractivity contribution in [1.29, 1.82) is 0 Å². The standard InChI is InChI=1S/C15H23N/c1-3-11(2)12-7-9-14(10-8-12)15(16)13-5-4-6-13/h7-11,13,15H,3-6,16H2,1-2H3. The molecule has 2 rings (SSSR count). The maximum atomic E-state index is 6.26. The van der Waals surface area contributed by atoms with Gasteiger partial charge < -0.3 is 5.73 Å². The minimum absolute atomic E-state index is 0.264. The van der Waals surface area contributed by atoms with E-state index in [1.165, 1.54) is 36.8 Å². The van der Waals surface area contributed by atoms with Crippen LogP contribution in [0.5, 0.6) is 0 Å². The molecule has 0 heterocycles. The predicted molar refractivity (Wildman–Crippen MR) is 69.4 cm³/mol. The fourth-order valence-corrected chi connectivity index (χ4v) is 2.35. The van der Waals surface area contributed by atoms with Gasteiger partial charge in [-0.2, -0.15) is 0 Å². The first-order valence-corrected chi connectivity index (χ1v) is 6.57. The molecule has 0 aliphatic heterocycles. The Kier molecular flexibility index (Phi) is 3.65. The highest BCUT2D eigenvalue weighted by Crippen LogP contribution is 2.36. The van der Waals surface area contributed by atoms with Gasteiger partial charge in [0.25, 0.3) is 0 Å². The van der Waals surface area contributed by atoms with Gasteiger partial charge in [0.05, 0.1) is 0 Å². The summed E-state index contributed by atoms with van der Waals surface area (Å²) in [4.78, 5) is 0. The van der Waals surface area contributed by atoms with Crippen molar-refractivity contribution in [2.24, 2.45) is 11.7 Å². The van der Waals surface area contributed by atoms with Crippen LogP contribution in [0.4, 0.5) is 0 Å². The Morgan fingerprint density at radius 2 is 1.75 bits per heavy atom. The van der Waals surface area contributed by atoms with Crippen LogP contribution >= 0.6 is 0 Å². The highest BCUT2D eigenvalue weighted by Gasteiger charge is 2.25. The molecule has 1 saturated carbocycles. The first-order chi connectivity index (χ1) is 7.72. The van der Waals surface area contributed by atoms with Gasteiger partial charge in [-0.3, -0.25) is 0 Å². The molecule has 0 saturated heterocycles. The topological polar surface area (TPSA) is 26.0 Å². The molecule has 1 fully saturated rings. The molecular formula is C15H23N. The van der Waals surface area contributed by atoms with Crippen molar-refractivity contribution in [3.8, 4) is 0 Å². The van der Waals surface area contributed by atoms with Crippen LogP contribution in [-0.2, 0) is 0 Å². The molecule has 2 unspecified atom stereocenters. The Hall–Kier alpha value is -0.820. The van der Waals surface area contributed by atoms with Crippen LogP contribution in [0.2, 0.25) is 0 Å². The zero-order valence-corrected chi connectivity index (χ0v) is 10.4. The minimum atomic E-state index is 0.264. The molecule has 0 amide bonds. The largest absolute Gasteiger partial charge is 0.324 e. The fourth-order valence-electron chi connectivity index (χ4n) is 2.35. The summed E-state index contributed by atoms with van der Waals surface area (Å²) in [5, 5.41) is 0. The lowest BCUT2D eigenvalue weighted by molar-refractivity contribution is 0.264. The summed E-state index contributed by atoms with van der Waals surface area (Å²) >= 11 is 0. The molecule has 2 atom stereocenters. The molecule has 0 aromatic heterocycles. The average Bonchev–Trinajstić information content (AvgIpc) is 2.26. The molecule has 1 nitrogen and oxygen atoms in total. The Morgan fingerprint density at radius 1 is 1.19 bits per heavy atom. The van der Waals surface area contributed by atoms with Crippen molar-refractivity contribution in [3.63, 3.8) is 0 Å². The monoisotopic (exact) mass is 217 g/mol. The van der Waals surface area contributed by atoms with Gasteiger partial charge in [-0.1, -0.05) is 44.5 Å². The molecule has 0 spiro atoms. The quantitative estimate of drug-likeness (QED) is 0.810. The van der Waals surface area contributed by atoms with E-state index in [2.05, 4.69) is 38.1 Å². The molecule has 1 aromatic rings. The lowest BCUT2D eigenvalue weighted by Gasteiger charge is -2.31. The van der Waals surface area contributed by atoms with E-state index >= 15 is 0 Å². The van der Waals surface area contributed by atoms with Gasteiger partial charge >= 0.3 is 0 Å². The summed E-state index contributed by atoms with van der Waals surface area (Å²) in [6, 6.07) is 9.22. The third kappa shape index (κ3) is 2.30. The van der Waals surface area contributed by atoms with E-state index < -0.39 is 0 Å². The Balaban J connectivity index is 2.06. The third-order valence-electron chi connectivity index (χ3n) is 4.16. The molecule has 0 radical (unpaired) electrons. The molecule has 16 heavy (non-hydrogen) atoms. The van der Waals surface area contributed by atoms with Crippen LogP contribution in [0.15, 0.2) is 24.3 Å². The summed E-state index contributed by atoms with van der Waals surface area (Å²) in [6.07, 6.45) is 5.19. The van der Waals surface area contributed by atoms with Crippen molar-refractivity contribution in [2.45, 2.75) is 51.5 Å². The van der Waals surface area contributed by atoms with Crippen LogP contribution in [0.1, 0.15) is 62.6 Å². The fraction of sp³-hybridized carbons (Fsp3) is 0.600. The first kappa shape index (κ1) is 11.7. The van der Waals surface area contributed by atoms with Crippen LogP contribution in [0, 0.1) is 5.92 Å². The van der Waals surface area contributed by atoms with Crippen molar-refractivity contribution < 1.29 is 0 Å². The van der Waals surface area contributed by atoms with Gasteiger partial charge in [0.15, 0.2) is 0 Å². The smallest absolute Gasteiger partial charge is 0.0323 e. The molecule has 1 aliphatic carbocycles. The molecule has 88 valence electrons. The van der Waals surface area contributed by atoms with E-state index in [-0.39, 0.29) is 6.04 Å². The SMILES string of the molecule is CCC(C)c1ccc(C(N)C2CCC2)cc1. The van der Waals surface area contributed by atoms with Gasteiger partial charge in [0.2, 0.25) is 0 Å². The highest BCUT2D eigenvalue weighted by molar-refractivity contribution is 5.27. The maximum Gasteiger partial charge on any atom is 0.0323 e. The molecule has 0 bridgehead atoms. The van der Waals surface area contributed by atoms with Gasteiger partial charge in [-0.15, -0.1) is 0 Å². The minimum Gasteiger partial charge on any atom is -0.324 e. The lowest BCUT2D eigenvalue weighted by Crippen LogP contribution is -2.26. The molecule has 1 aliphatic rings. The summed E-state index contributed by atoms with van der Waals surface area (Å²) in [7, 11) is 0. The van der Waals surface area contributed by atoms with Crippen molar-refractivity contribution in [3.05, 3.63) is 35.4 Å². The second-order valence-corrected chi connectivity index (χ2v) is 5.19. The number of rotatable bonds is 4. The van der Waals surface area contributed by atoms with E-state index in [1.54, 1.807) is 0 Å². The molecule has 1 heteroatoms. The van der Waals surface area contributed by atoms with E-state index in [0.717, 1.165) is 5.92 Å². The molecule has 1 aromatic carbocycles. The van der Waals surface area contributed by atoms with Crippen molar-refractivity contribution in [1.82, 2.24) is 0 Å². The Bertz CT molecular complexity index is 324. The number of nitrogens with two attached hydrogens (primary N) is 1. The second-order valence-electron chi connectivity index (χ2n) is 5.19. The summed E-state index contributed by atoms with van der Waals surface area (Å²) in [5.41, 5.74) is 9.01. The lowest BCUT2D eigenvalue weighted by atomic mass is 9.77. The van der Waals surface area contributed by atoms with Crippen LogP contribution < -0.4 is 5.73 Å². The maximum absolute atomic E-state index is 6.26. The average molecular weight is 217 g/mol. The van der Waals surface area contributed by atoms with E-state index in [1.807, 2.05) is 0 Å². The second kappa shape index (κ2) is 5.01. The summed E-state index contributed by atoms with van der Waals surface area (Å²) in [5.74, 6) is 1.39. The summed E-state index contributed by atoms with van der Waals surface area (Å²) < 4.78 is 0. The van der Waals surface area contributed by atoms with Gasteiger partial charge in [-0.25, -0.2) is 0 Å². The third-order valence-corrected chi connectivity index (χ3v) is 4.16. The Labute approximate surface area is 99.0 Å². The van der Waals surface area contributed by atoms with Gasteiger partial charge in [0, 0.05) is 6.04 Å². The van der Waals surface area contributed by atoms with Gasteiger partial charge in [0.1, 0.15) is 0 Å². The first-order valence-electron chi connectivity index (χ1n) is 6.57. The van der Waals surface area contributed by atoms with Crippen molar-refractivity contribution >= 4 is 0 Å². The normalized spacial score (nSPS) is 20.2. The summed E-state index contributed by atoms with van der Waals surface area (Å²) in [6.45, 7) is 4.51. The highest BCUT2D eigenvalue weighted by atomic mass is 14.7. The van der Waals surface area contributed by atoms with Crippen LogP contribution in [0.3, 0.4) is 0 Å². The van der Waals surface area contributed by atoms with Gasteiger partial charge in [-0.05, 0) is 42.2 Å². The number of benzene rings is 1. The van der Waals surface area contributed by atoms with Crippen molar-refractivity contribution in [2.75, 3.05) is 0 Å². The van der Waals surface area contributed by atoms with Crippen LogP contribution in [0.25, 0.3) is 0 Å². The van der Waals surface area contributed by atoms with E-state index in [9.17, 15) is 0 Å². The zero-order valence-electron chi connectivity index (χ0n) is 10.4. The number of hydrogen-bond donors (Lipinski definition) is 1. The molecule has 2 N–H and O–H groups in total. The Morgan fingerprint density at radius 3 is 2.19 bits per heavy atom. The van der Waals surface area contributed by atoms with E-state index in [4.69, 9.17) is 5.73 Å². The molecular weight excluding hydrogens is 194 g/mol.